The first kappa shape index (κ1) is 13.9. The summed E-state index contributed by atoms with van der Waals surface area (Å²) in [6.45, 7) is 3.85. The molecule has 0 spiro atoms. The second-order valence-corrected chi connectivity index (χ2v) is 5.59. The molecule has 1 aliphatic heterocycles. The van der Waals surface area contributed by atoms with E-state index in [1.54, 1.807) is 0 Å². The average molecular weight is 327 g/mol. The molecule has 5 nitrogen and oxygen atoms in total. The topological polar surface area (TPSA) is 69.6 Å². The van der Waals surface area contributed by atoms with Gasteiger partial charge in [-0.15, -0.1) is 0 Å². The van der Waals surface area contributed by atoms with Gasteiger partial charge in [0.15, 0.2) is 0 Å². The largest absolute Gasteiger partial charge is 0.480 e. The number of halogens is 1. The minimum absolute atomic E-state index is 0.174. The van der Waals surface area contributed by atoms with E-state index in [4.69, 9.17) is 5.11 Å². The second-order valence-electron chi connectivity index (χ2n) is 4.67. The minimum atomic E-state index is -0.998. The Bertz CT molecular complexity index is 533. The van der Waals surface area contributed by atoms with Gasteiger partial charge in [-0.3, -0.25) is 0 Å². The van der Waals surface area contributed by atoms with E-state index >= 15 is 0 Å². The molecule has 0 aliphatic carbocycles. The summed E-state index contributed by atoms with van der Waals surface area (Å²) in [5.74, 6) is -0.998. The molecule has 1 heterocycles. The maximum Gasteiger partial charge on any atom is 0.326 e. The first-order chi connectivity index (χ1) is 8.90. The van der Waals surface area contributed by atoms with Crippen LogP contribution in [0.4, 0.5) is 4.79 Å². The molecular formula is C13H15BrN2O3. The fraction of sp³-hybridized carbons (Fsp3) is 0.385. The highest BCUT2D eigenvalue weighted by atomic mass is 79.9. The van der Waals surface area contributed by atoms with Crippen LogP contribution >= 0.6 is 15.9 Å². The minimum Gasteiger partial charge on any atom is -0.480 e. The molecule has 1 aliphatic rings. The van der Waals surface area contributed by atoms with Crippen molar-refractivity contribution in [3.05, 3.63) is 33.8 Å². The Morgan fingerprint density at radius 1 is 1.58 bits per heavy atom. The summed E-state index contributed by atoms with van der Waals surface area (Å²) < 4.78 is 0.937. The monoisotopic (exact) mass is 326 g/mol. The number of aryl methyl sites for hydroxylation is 1. The number of carboxylic acids is 1. The van der Waals surface area contributed by atoms with Crippen molar-refractivity contribution in [1.82, 2.24) is 10.2 Å². The Balaban J connectivity index is 2.23. The number of benzene rings is 1. The number of urea groups is 1. The fourth-order valence-corrected chi connectivity index (χ4v) is 2.57. The smallest absolute Gasteiger partial charge is 0.326 e. The van der Waals surface area contributed by atoms with E-state index in [9.17, 15) is 9.59 Å². The molecule has 2 atom stereocenters. The number of carbonyl (C=O) groups is 2. The van der Waals surface area contributed by atoms with Crippen molar-refractivity contribution in [2.45, 2.75) is 25.9 Å². The molecule has 2 rings (SSSR count). The van der Waals surface area contributed by atoms with Crippen LogP contribution < -0.4 is 5.32 Å². The molecule has 0 radical (unpaired) electrons. The van der Waals surface area contributed by atoms with E-state index in [1.165, 1.54) is 11.8 Å². The van der Waals surface area contributed by atoms with Gasteiger partial charge in [0, 0.05) is 11.0 Å². The van der Waals surface area contributed by atoms with E-state index in [0.29, 0.717) is 6.54 Å². The highest BCUT2D eigenvalue weighted by Gasteiger charge is 2.36. The van der Waals surface area contributed by atoms with Gasteiger partial charge in [-0.05, 0) is 37.1 Å². The highest BCUT2D eigenvalue weighted by molar-refractivity contribution is 9.10. The van der Waals surface area contributed by atoms with Crippen LogP contribution in [0.25, 0.3) is 0 Å². The summed E-state index contributed by atoms with van der Waals surface area (Å²) in [5.41, 5.74) is 2.07. The molecule has 1 aromatic carbocycles. The van der Waals surface area contributed by atoms with Crippen molar-refractivity contribution in [3.63, 3.8) is 0 Å². The first-order valence-electron chi connectivity index (χ1n) is 5.96. The standard InChI is InChI=1S/C13H15BrN2O3/c1-7-3-4-9(14)5-10(7)11-6-16(13(19)15-11)8(2)12(17)18/h3-5,8,11H,6H2,1-2H3,(H,15,19)(H,17,18). The lowest BCUT2D eigenvalue weighted by molar-refractivity contribution is -0.141. The van der Waals surface area contributed by atoms with Crippen molar-refractivity contribution in [2.75, 3.05) is 6.54 Å². The third kappa shape index (κ3) is 2.73. The summed E-state index contributed by atoms with van der Waals surface area (Å²) in [6, 6.07) is 4.53. The second kappa shape index (κ2) is 5.21. The molecule has 0 bridgehead atoms. The zero-order valence-corrected chi connectivity index (χ0v) is 12.3. The lowest BCUT2D eigenvalue weighted by Crippen LogP contribution is -2.40. The summed E-state index contributed by atoms with van der Waals surface area (Å²) in [7, 11) is 0. The molecule has 102 valence electrons. The fourth-order valence-electron chi connectivity index (χ4n) is 2.19. The molecule has 0 saturated carbocycles. The molecule has 1 aromatic rings. The number of carbonyl (C=O) groups excluding carboxylic acids is 1. The van der Waals surface area contributed by atoms with E-state index < -0.39 is 12.0 Å². The van der Waals surface area contributed by atoms with Gasteiger partial charge < -0.3 is 15.3 Å². The zero-order valence-electron chi connectivity index (χ0n) is 10.7. The number of rotatable bonds is 3. The van der Waals surface area contributed by atoms with Crippen LogP contribution in [-0.4, -0.2) is 34.6 Å². The number of hydrogen-bond acceptors (Lipinski definition) is 2. The van der Waals surface area contributed by atoms with E-state index in [-0.39, 0.29) is 12.1 Å². The third-order valence-corrected chi connectivity index (χ3v) is 3.87. The Morgan fingerprint density at radius 2 is 2.26 bits per heavy atom. The van der Waals surface area contributed by atoms with Crippen LogP contribution in [0.5, 0.6) is 0 Å². The van der Waals surface area contributed by atoms with Gasteiger partial charge in [-0.25, -0.2) is 9.59 Å². The predicted octanol–water partition coefficient (Wildman–Crippen LogP) is 2.30. The van der Waals surface area contributed by atoms with E-state index in [2.05, 4.69) is 21.2 Å². The average Bonchev–Trinajstić information content (AvgIpc) is 2.73. The van der Waals surface area contributed by atoms with Gasteiger partial charge in [0.2, 0.25) is 0 Å². The number of carboxylic acid groups (broad SMARTS) is 1. The van der Waals surface area contributed by atoms with Crippen LogP contribution in [0.2, 0.25) is 0 Å². The van der Waals surface area contributed by atoms with Gasteiger partial charge in [0.05, 0.1) is 6.04 Å². The Kier molecular flexibility index (Phi) is 3.80. The molecule has 2 amide bonds. The molecule has 2 N–H and O–H groups in total. The number of nitrogens with zero attached hydrogens (tertiary/aromatic N) is 1. The van der Waals surface area contributed by atoms with Crippen molar-refractivity contribution < 1.29 is 14.7 Å². The number of hydrogen-bond donors (Lipinski definition) is 2. The van der Waals surface area contributed by atoms with Crippen molar-refractivity contribution in [3.8, 4) is 0 Å². The number of aliphatic carboxylic acids is 1. The zero-order chi connectivity index (χ0) is 14.2. The highest BCUT2D eigenvalue weighted by Crippen LogP contribution is 2.27. The van der Waals surface area contributed by atoms with E-state index in [1.807, 2.05) is 25.1 Å². The maximum absolute atomic E-state index is 11.8. The lowest BCUT2D eigenvalue weighted by Gasteiger charge is -2.19. The van der Waals surface area contributed by atoms with Gasteiger partial charge in [-0.1, -0.05) is 22.0 Å². The van der Waals surface area contributed by atoms with Gasteiger partial charge in [0.1, 0.15) is 6.04 Å². The molecular weight excluding hydrogens is 312 g/mol. The van der Waals surface area contributed by atoms with Crippen LogP contribution in [-0.2, 0) is 4.79 Å². The van der Waals surface area contributed by atoms with Crippen LogP contribution in [0.3, 0.4) is 0 Å². The molecule has 0 aromatic heterocycles. The van der Waals surface area contributed by atoms with Crippen molar-refractivity contribution in [1.29, 1.82) is 0 Å². The van der Waals surface area contributed by atoms with Crippen LogP contribution in [0.1, 0.15) is 24.1 Å². The van der Waals surface area contributed by atoms with Gasteiger partial charge in [-0.2, -0.15) is 0 Å². The molecule has 1 fully saturated rings. The maximum atomic E-state index is 11.8. The number of nitrogens with one attached hydrogen (secondary N) is 1. The molecule has 19 heavy (non-hydrogen) atoms. The summed E-state index contributed by atoms with van der Waals surface area (Å²) >= 11 is 3.41. The normalized spacial score (nSPS) is 20.3. The van der Waals surface area contributed by atoms with Gasteiger partial charge >= 0.3 is 12.0 Å². The molecule has 2 unspecified atom stereocenters. The summed E-state index contributed by atoms with van der Waals surface area (Å²) in [4.78, 5) is 24.1. The van der Waals surface area contributed by atoms with E-state index in [0.717, 1.165) is 15.6 Å². The van der Waals surface area contributed by atoms with Crippen LogP contribution in [0, 0.1) is 6.92 Å². The summed E-state index contributed by atoms with van der Waals surface area (Å²) in [5, 5.41) is 11.8. The first-order valence-corrected chi connectivity index (χ1v) is 6.75. The van der Waals surface area contributed by atoms with Gasteiger partial charge in [0.25, 0.3) is 0 Å². The SMILES string of the molecule is Cc1ccc(Br)cc1C1CN(C(C)C(=O)O)C(=O)N1. The Hall–Kier alpha value is -1.56. The molecule has 1 saturated heterocycles. The van der Waals surface area contributed by atoms with Crippen LogP contribution in [0.15, 0.2) is 22.7 Å². The number of amides is 2. The van der Waals surface area contributed by atoms with Crippen molar-refractivity contribution in [2.24, 2.45) is 0 Å². The Morgan fingerprint density at radius 3 is 2.89 bits per heavy atom. The Labute approximate surface area is 119 Å². The molecule has 6 heteroatoms. The quantitative estimate of drug-likeness (QED) is 0.895. The third-order valence-electron chi connectivity index (χ3n) is 3.38. The van der Waals surface area contributed by atoms with Crippen molar-refractivity contribution >= 4 is 27.9 Å². The predicted molar refractivity (Wildman–Crippen MR) is 74.0 cm³/mol. The summed E-state index contributed by atoms with van der Waals surface area (Å²) in [6.07, 6.45) is 0. The lowest BCUT2D eigenvalue weighted by atomic mass is 10.0.